The van der Waals surface area contributed by atoms with E-state index in [-0.39, 0.29) is 24.3 Å². The molecule has 1 aromatic carbocycles. The summed E-state index contributed by atoms with van der Waals surface area (Å²) in [6.45, 7) is 0.631. The number of amides is 2. The summed E-state index contributed by atoms with van der Waals surface area (Å²) in [5, 5.41) is 5.86. The Bertz CT molecular complexity index is 471. The normalized spacial score (nSPS) is 16.7. The van der Waals surface area contributed by atoms with Crippen molar-refractivity contribution in [2.24, 2.45) is 0 Å². The van der Waals surface area contributed by atoms with E-state index in [2.05, 4.69) is 10.6 Å². The maximum absolute atomic E-state index is 12.0. The van der Waals surface area contributed by atoms with E-state index in [1.54, 1.807) is 14.1 Å². The minimum absolute atomic E-state index is 0.0461. The van der Waals surface area contributed by atoms with Gasteiger partial charge in [-0.05, 0) is 11.6 Å². The Balaban J connectivity index is 1.98. The fourth-order valence-corrected chi connectivity index (χ4v) is 1.96. The first-order valence-corrected chi connectivity index (χ1v) is 5.90. The largest absolute Gasteiger partial charge is 0.384 e. The summed E-state index contributed by atoms with van der Waals surface area (Å²) in [4.78, 5) is 24.9. The summed E-state index contributed by atoms with van der Waals surface area (Å²) in [6, 6.07) is 7.74. The highest BCUT2D eigenvalue weighted by atomic mass is 16.2. The SMILES string of the molecule is CN(C)C(=O)CNC(=O)C1CNc2ccccc21. The zero-order valence-electron chi connectivity index (χ0n) is 10.6. The van der Waals surface area contributed by atoms with Gasteiger partial charge in [-0.2, -0.15) is 0 Å². The summed E-state index contributed by atoms with van der Waals surface area (Å²) in [7, 11) is 3.34. The van der Waals surface area contributed by atoms with Crippen LogP contribution < -0.4 is 10.6 Å². The molecule has 0 aliphatic carbocycles. The van der Waals surface area contributed by atoms with E-state index in [1.165, 1.54) is 4.90 Å². The van der Waals surface area contributed by atoms with Crippen LogP contribution >= 0.6 is 0 Å². The number of benzene rings is 1. The van der Waals surface area contributed by atoms with E-state index in [9.17, 15) is 9.59 Å². The van der Waals surface area contributed by atoms with Crippen LogP contribution in [0, 0.1) is 0 Å². The van der Waals surface area contributed by atoms with Crippen molar-refractivity contribution in [3.8, 4) is 0 Å². The van der Waals surface area contributed by atoms with Gasteiger partial charge in [-0.25, -0.2) is 0 Å². The van der Waals surface area contributed by atoms with Crippen molar-refractivity contribution in [3.63, 3.8) is 0 Å². The molecule has 1 aromatic rings. The van der Waals surface area contributed by atoms with Gasteiger partial charge in [0.05, 0.1) is 12.5 Å². The number of hydrogen-bond acceptors (Lipinski definition) is 3. The van der Waals surface area contributed by atoms with E-state index in [0.29, 0.717) is 6.54 Å². The molecule has 5 nitrogen and oxygen atoms in total. The van der Waals surface area contributed by atoms with Crippen molar-refractivity contribution >= 4 is 17.5 Å². The van der Waals surface area contributed by atoms with Crippen molar-refractivity contribution in [3.05, 3.63) is 29.8 Å². The fraction of sp³-hybridized carbons (Fsp3) is 0.385. The Kier molecular flexibility index (Phi) is 3.50. The van der Waals surface area contributed by atoms with Crippen molar-refractivity contribution in [1.82, 2.24) is 10.2 Å². The molecular formula is C13H17N3O2. The van der Waals surface area contributed by atoms with E-state index in [0.717, 1.165) is 11.3 Å². The number of likely N-dealkylation sites (N-methyl/N-ethyl adjacent to an activating group) is 1. The number of nitrogens with one attached hydrogen (secondary N) is 2. The van der Waals surface area contributed by atoms with Crippen LogP contribution in [0.5, 0.6) is 0 Å². The van der Waals surface area contributed by atoms with Gasteiger partial charge in [0.15, 0.2) is 0 Å². The Labute approximate surface area is 106 Å². The molecule has 1 unspecified atom stereocenters. The molecule has 1 aliphatic heterocycles. The lowest BCUT2D eigenvalue weighted by atomic mass is 10.0. The molecule has 1 heterocycles. The molecule has 0 aromatic heterocycles. The first kappa shape index (κ1) is 12.4. The van der Waals surface area contributed by atoms with E-state index in [4.69, 9.17) is 0 Å². The molecule has 18 heavy (non-hydrogen) atoms. The first-order valence-electron chi connectivity index (χ1n) is 5.90. The molecule has 2 amide bonds. The van der Waals surface area contributed by atoms with Gasteiger partial charge < -0.3 is 15.5 Å². The van der Waals surface area contributed by atoms with Gasteiger partial charge in [-0.1, -0.05) is 18.2 Å². The van der Waals surface area contributed by atoms with Crippen LogP contribution in [0.2, 0.25) is 0 Å². The molecule has 0 spiro atoms. The topological polar surface area (TPSA) is 61.4 Å². The molecule has 1 aliphatic rings. The van der Waals surface area contributed by atoms with Crippen molar-refractivity contribution in [2.45, 2.75) is 5.92 Å². The summed E-state index contributed by atoms with van der Waals surface area (Å²) >= 11 is 0. The quantitative estimate of drug-likeness (QED) is 0.812. The molecule has 5 heteroatoms. The first-order chi connectivity index (χ1) is 8.59. The highest BCUT2D eigenvalue weighted by Gasteiger charge is 2.28. The minimum Gasteiger partial charge on any atom is -0.384 e. The molecule has 0 radical (unpaired) electrons. The monoisotopic (exact) mass is 247 g/mol. The third-order valence-electron chi connectivity index (χ3n) is 3.06. The molecule has 1 atom stereocenters. The van der Waals surface area contributed by atoms with Crippen LogP contribution in [0.1, 0.15) is 11.5 Å². The number of rotatable bonds is 3. The summed E-state index contributed by atoms with van der Waals surface area (Å²) < 4.78 is 0. The number of fused-ring (bicyclic) bond motifs is 1. The summed E-state index contributed by atoms with van der Waals surface area (Å²) in [5.41, 5.74) is 1.99. The molecule has 0 fully saturated rings. The number of para-hydroxylation sites is 1. The van der Waals surface area contributed by atoms with E-state index < -0.39 is 0 Å². The lowest BCUT2D eigenvalue weighted by Gasteiger charge is -2.13. The molecule has 2 rings (SSSR count). The smallest absolute Gasteiger partial charge is 0.241 e. The zero-order valence-corrected chi connectivity index (χ0v) is 10.6. The Morgan fingerprint density at radius 1 is 1.39 bits per heavy atom. The average molecular weight is 247 g/mol. The maximum atomic E-state index is 12.0. The van der Waals surface area contributed by atoms with Gasteiger partial charge in [-0.15, -0.1) is 0 Å². The van der Waals surface area contributed by atoms with Crippen LogP contribution in [0.3, 0.4) is 0 Å². The Morgan fingerprint density at radius 2 is 2.11 bits per heavy atom. The third-order valence-corrected chi connectivity index (χ3v) is 3.06. The maximum Gasteiger partial charge on any atom is 0.241 e. The number of nitrogens with zero attached hydrogens (tertiary/aromatic N) is 1. The van der Waals surface area contributed by atoms with E-state index >= 15 is 0 Å². The highest BCUT2D eigenvalue weighted by Crippen LogP contribution is 2.30. The van der Waals surface area contributed by atoms with Crippen LogP contribution in [0.4, 0.5) is 5.69 Å². The van der Waals surface area contributed by atoms with Gasteiger partial charge in [-0.3, -0.25) is 9.59 Å². The van der Waals surface area contributed by atoms with Crippen molar-refractivity contribution < 1.29 is 9.59 Å². The standard InChI is InChI=1S/C13H17N3O2/c1-16(2)12(17)8-15-13(18)10-7-14-11-6-4-3-5-9(10)11/h3-6,10,14H,7-8H2,1-2H3,(H,15,18). The highest BCUT2D eigenvalue weighted by molar-refractivity contribution is 5.91. The molecule has 0 bridgehead atoms. The minimum atomic E-state index is -0.212. The number of carbonyl (C=O) groups excluding carboxylic acids is 2. The fourth-order valence-electron chi connectivity index (χ4n) is 1.96. The lowest BCUT2D eigenvalue weighted by Crippen LogP contribution is -2.38. The number of anilines is 1. The molecule has 2 N–H and O–H groups in total. The van der Waals surface area contributed by atoms with Crippen molar-refractivity contribution in [1.29, 1.82) is 0 Å². The van der Waals surface area contributed by atoms with Crippen LogP contribution in [0.15, 0.2) is 24.3 Å². The Hall–Kier alpha value is -2.04. The summed E-state index contributed by atoms with van der Waals surface area (Å²) in [5.74, 6) is -0.429. The molecular weight excluding hydrogens is 230 g/mol. The predicted molar refractivity (Wildman–Crippen MR) is 69.4 cm³/mol. The van der Waals surface area contributed by atoms with Crippen LogP contribution in [-0.4, -0.2) is 43.9 Å². The number of hydrogen-bond donors (Lipinski definition) is 2. The van der Waals surface area contributed by atoms with Gasteiger partial charge in [0.25, 0.3) is 0 Å². The van der Waals surface area contributed by atoms with Gasteiger partial charge in [0.1, 0.15) is 0 Å². The molecule has 0 saturated heterocycles. The van der Waals surface area contributed by atoms with Crippen LogP contribution in [0.25, 0.3) is 0 Å². The second-order valence-electron chi connectivity index (χ2n) is 4.53. The van der Waals surface area contributed by atoms with Crippen LogP contribution in [-0.2, 0) is 9.59 Å². The predicted octanol–water partition coefficient (Wildman–Crippen LogP) is 0.400. The van der Waals surface area contributed by atoms with Gasteiger partial charge in [0, 0.05) is 26.3 Å². The molecule has 96 valence electrons. The van der Waals surface area contributed by atoms with E-state index in [1.807, 2.05) is 24.3 Å². The second kappa shape index (κ2) is 5.08. The number of carbonyl (C=O) groups is 2. The summed E-state index contributed by atoms with van der Waals surface area (Å²) in [6.07, 6.45) is 0. The van der Waals surface area contributed by atoms with Gasteiger partial charge >= 0.3 is 0 Å². The van der Waals surface area contributed by atoms with Gasteiger partial charge in [0.2, 0.25) is 11.8 Å². The third kappa shape index (κ3) is 2.45. The zero-order chi connectivity index (χ0) is 13.1. The average Bonchev–Trinajstić information content (AvgIpc) is 2.79. The van der Waals surface area contributed by atoms with Crippen molar-refractivity contribution in [2.75, 3.05) is 32.5 Å². The second-order valence-corrected chi connectivity index (χ2v) is 4.53. The lowest BCUT2D eigenvalue weighted by molar-refractivity contribution is -0.131. The Morgan fingerprint density at radius 3 is 2.83 bits per heavy atom. The molecule has 0 saturated carbocycles.